The Kier molecular flexibility index (Phi) is 8.89. The number of carbonyl (C=O) groups excluding carboxylic acids is 1. The average molecular weight is 341 g/mol. The summed E-state index contributed by atoms with van der Waals surface area (Å²) in [5, 5.41) is 2.73. The first-order valence-corrected chi connectivity index (χ1v) is 6.63. The SMILES string of the molecule is CC(N)CCNC(=O)CCc1ccc(OC(F)(F)F)cc1.Cl. The van der Waals surface area contributed by atoms with Crippen molar-refractivity contribution >= 4 is 18.3 Å². The van der Waals surface area contributed by atoms with Gasteiger partial charge in [0.15, 0.2) is 0 Å². The minimum atomic E-state index is -4.69. The molecule has 0 spiro atoms. The van der Waals surface area contributed by atoms with E-state index in [9.17, 15) is 18.0 Å². The lowest BCUT2D eigenvalue weighted by atomic mass is 10.1. The summed E-state index contributed by atoms with van der Waals surface area (Å²) in [5.41, 5.74) is 6.33. The Morgan fingerprint density at radius 3 is 2.41 bits per heavy atom. The second kappa shape index (κ2) is 9.53. The Bertz CT molecular complexity index is 450. The number of benzene rings is 1. The van der Waals surface area contributed by atoms with Gasteiger partial charge < -0.3 is 15.8 Å². The van der Waals surface area contributed by atoms with Crippen molar-refractivity contribution in [3.63, 3.8) is 0 Å². The van der Waals surface area contributed by atoms with Crippen molar-refractivity contribution in [1.82, 2.24) is 5.32 Å². The first kappa shape index (κ1) is 20.5. The lowest BCUT2D eigenvalue weighted by Gasteiger charge is -2.09. The maximum absolute atomic E-state index is 12.0. The molecule has 0 aromatic heterocycles. The van der Waals surface area contributed by atoms with Gasteiger partial charge in [-0.2, -0.15) is 0 Å². The highest BCUT2D eigenvalue weighted by atomic mass is 35.5. The van der Waals surface area contributed by atoms with Crippen LogP contribution in [0.15, 0.2) is 24.3 Å². The van der Waals surface area contributed by atoms with E-state index in [4.69, 9.17) is 5.73 Å². The van der Waals surface area contributed by atoms with Gasteiger partial charge in [-0.1, -0.05) is 12.1 Å². The molecule has 22 heavy (non-hydrogen) atoms. The molecular formula is C14H20ClF3N2O2. The summed E-state index contributed by atoms with van der Waals surface area (Å²) in [7, 11) is 0. The molecular weight excluding hydrogens is 321 g/mol. The molecule has 4 nitrogen and oxygen atoms in total. The van der Waals surface area contributed by atoms with Gasteiger partial charge in [0.25, 0.3) is 0 Å². The van der Waals surface area contributed by atoms with Crippen LogP contribution >= 0.6 is 12.4 Å². The number of nitrogens with one attached hydrogen (secondary N) is 1. The Morgan fingerprint density at radius 1 is 1.32 bits per heavy atom. The quantitative estimate of drug-likeness (QED) is 0.802. The number of alkyl halides is 3. The van der Waals surface area contributed by atoms with E-state index in [1.807, 2.05) is 6.92 Å². The van der Waals surface area contributed by atoms with Gasteiger partial charge >= 0.3 is 6.36 Å². The summed E-state index contributed by atoms with van der Waals surface area (Å²) in [5.74, 6) is -0.376. The van der Waals surface area contributed by atoms with Crippen molar-refractivity contribution in [2.75, 3.05) is 6.54 Å². The van der Waals surface area contributed by atoms with Gasteiger partial charge in [0.1, 0.15) is 5.75 Å². The number of hydrogen-bond acceptors (Lipinski definition) is 3. The zero-order chi connectivity index (χ0) is 15.9. The zero-order valence-electron chi connectivity index (χ0n) is 12.2. The molecule has 0 heterocycles. The van der Waals surface area contributed by atoms with Crippen LogP contribution in [0, 0.1) is 0 Å². The second-order valence-corrected chi connectivity index (χ2v) is 4.81. The number of hydrogen-bond donors (Lipinski definition) is 2. The van der Waals surface area contributed by atoms with E-state index in [2.05, 4.69) is 10.1 Å². The standard InChI is InChI=1S/C14H19F3N2O2.ClH/c1-10(18)8-9-19-13(20)7-4-11-2-5-12(6-3-11)21-14(15,16)17;/h2-3,5-6,10H,4,7-9,18H2,1H3,(H,19,20);1H. The van der Waals surface area contributed by atoms with Crippen molar-refractivity contribution in [1.29, 1.82) is 0 Å². The molecule has 0 aliphatic heterocycles. The third-order valence-electron chi connectivity index (χ3n) is 2.72. The molecule has 1 aromatic carbocycles. The summed E-state index contributed by atoms with van der Waals surface area (Å²) < 4.78 is 39.7. The molecule has 0 saturated carbocycles. The van der Waals surface area contributed by atoms with E-state index >= 15 is 0 Å². The molecule has 126 valence electrons. The summed E-state index contributed by atoms with van der Waals surface area (Å²) in [6.45, 7) is 2.38. The normalized spacial score (nSPS) is 12.2. The third-order valence-corrected chi connectivity index (χ3v) is 2.72. The molecule has 1 unspecified atom stereocenters. The fraction of sp³-hybridized carbons (Fsp3) is 0.500. The highest BCUT2D eigenvalue weighted by molar-refractivity contribution is 5.85. The summed E-state index contributed by atoms with van der Waals surface area (Å²) in [4.78, 5) is 11.5. The maximum Gasteiger partial charge on any atom is 0.573 e. The van der Waals surface area contributed by atoms with Crippen molar-refractivity contribution in [3.05, 3.63) is 29.8 Å². The third kappa shape index (κ3) is 9.46. The number of rotatable bonds is 7. The van der Waals surface area contributed by atoms with Crippen LogP contribution in [0.1, 0.15) is 25.3 Å². The van der Waals surface area contributed by atoms with Gasteiger partial charge in [-0.25, -0.2) is 0 Å². The summed E-state index contributed by atoms with van der Waals surface area (Å²) in [6.07, 6.45) is -3.26. The summed E-state index contributed by atoms with van der Waals surface area (Å²) in [6, 6.07) is 5.52. The van der Waals surface area contributed by atoms with Crippen molar-refractivity contribution in [2.45, 2.75) is 38.6 Å². The number of halogens is 4. The Labute approximate surface area is 133 Å². The number of ether oxygens (including phenoxy) is 1. The Balaban J connectivity index is 0.00000441. The van der Waals surface area contributed by atoms with Gasteiger partial charge in [0.2, 0.25) is 5.91 Å². The van der Waals surface area contributed by atoms with Gasteiger partial charge in [0.05, 0.1) is 0 Å². The lowest BCUT2D eigenvalue weighted by molar-refractivity contribution is -0.274. The average Bonchev–Trinajstić information content (AvgIpc) is 2.35. The minimum Gasteiger partial charge on any atom is -0.406 e. The predicted molar refractivity (Wildman–Crippen MR) is 80.0 cm³/mol. The van der Waals surface area contributed by atoms with E-state index in [0.29, 0.717) is 19.4 Å². The second-order valence-electron chi connectivity index (χ2n) is 4.81. The number of carbonyl (C=O) groups is 1. The van der Waals surface area contributed by atoms with Crippen LogP contribution in [0.5, 0.6) is 5.75 Å². The zero-order valence-corrected chi connectivity index (χ0v) is 13.0. The first-order chi connectivity index (χ1) is 9.76. The number of amides is 1. The van der Waals surface area contributed by atoms with Crippen LogP contribution in [0.25, 0.3) is 0 Å². The lowest BCUT2D eigenvalue weighted by Crippen LogP contribution is -2.29. The molecule has 0 fully saturated rings. The van der Waals surface area contributed by atoms with Crippen LogP contribution in [0.3, 0.4) is 0 Å². The molecule has 0 radical (unpaired) electrons. The van der Waals surface area contributed by atoms with E-state index in [1.165, 1.54) is 24.3 Å². The summed E-state index contributed by atoms with van der Waals surface area (Å²) >= 11 is 0. The largest absolute Gasteiger partial charge is 0.573 e. The van der Waals surface area contributed by atoms with E-state index in [-0.39, 0.29) is 36.5 Å². The molecule has 1 atom stereocenters. The van der Waals surface area contributed by atoms with Gasteiger partial charge in [0, 0.05) is 19.0 Å². The predicted octanol–water partition coefficient (Wildman–Crippen LogP) is 2.79. The van der Waals surface area contributed by atoms with Crippen molar-refractivity contribution < 1.29 is 22.7 Å². The van der Waals surface area contributed by atoms with Crippen LogP contribution in [-0.4, -0.2) is 24.9 Å². The van der Waals surface area contributed by atoms with Crippen molar-refractivity contribution in [3.8, 4) is 5.75 Å². The van der Waals surface area contributed by atoms with E-state index in [0.717, 1.165) is 5.56 Å². The van der Waals surface area contributed by atoms with Crippen molar-refractivity contribution in [2.24, 2.45) is 5.73 Å². The molecule has 1 rings (SSSR count). The fourth-order valence-electron chi connectivity index (χ4n) is 1.64. The Hall–Kier alpha value is -1.47. The monoisotopic (exact) mass is 340 g/mol. The molecule has 0 aliphatic rings. The maximum atomic E-state index is 12.0. The van der Waals surface area contributed by atoms with Gasteiger partial charge in [-0.15, -0.1) is 25.6 Å². The highest BCUT2D eigenvalue weighted by Crippen LogP contribution is 2.22. The number of nitrogens with two attached hydrogens (primary N) is 1. The Morgan fingerprint density at radius 2 is 1.91 bits per heavy atom. The van der Waals surface area contributed by atoms with Crippen LogP contribution in [-0.2, 0) is 11.2 Å². The fourth-order valence-corrected chi connectivity index (χ4v) is 1.64. The van der Waals surface area contributed by atoms with Gasteiger partial charge in [-0.3, -0.25) is 4.79 Å². The molecule has 1 amide bonds. The topological polar surface area (TPSA) is 64.3 Å². The smallest absolute Gasteiger partial charge is 0.406 e. The molecule has 0 bridgehead atoms. The van der Waals surface area contributed by atoms with Crippen LogP contribution < -0.4 is 15.8 Å². The van der Waals surface area contributed by atoms with E-state index < -0.39 is 6.36 Å². The molecule has 8 heteroatoms. The van der Waals surface area contributed by atoms with E-state index in [1.54, 1.807) is 0 Å². The van der Waals surface area contributed by atoms with Gasteiger partial charge in [-0.05, 0) is 37.5 Å². The van der Waals surface area contributed by atoms with Crippen LogP contribution in [0.4, 0.5) is 13.2 Å². The number of aryl methyl sites for hydroxylation is 1. The first-order valence-electron chi connectivity index (χ1n) is 6.63. The molecule has 3 N–H and O–H groups in total. The molecule has 1 aromatic rings. The minimum absolute atomic E-state index is 0. The highest BCUT2D eigenvalue weighted by Gasteiger charge is 2.30. The molecule has 0 aliphatic carbocycles. The van der Waals surface area contributed by atoms with Crippen LogP contribution in [0.2, 0.25) is 0 Å². The molecule has 0 saturated heterocycles.